The molecular formula is C10H13NO2S. The first-order valence-electron chi connectivity index (χ1n) is 4.36. The molecular weight excluding hydrogens is 198 g/mol. The summed E-state index contributed by atoms with van der Waals surface area (Å²) >= 11 is 1.36. The Morgan fingerprint density at radius 1 is 1.43 bits per heavy atom. The maximum absolute atomic E-state index is 11.5. The molecule has 0 atom stereocenters. The van der Waals surface area contributed by atoms with Gasteiger partial charge in [0.2, 0.25) is 0 Å². The van der Waals surface area contributed by atoms with Crippen LogP contribution < -0.4 is 0 Å². The minimum absolute atomic E-state index is 0.0458. The lowest BCUT2D eigenvalue weighted by Gasteiger charge is -2.15. The van der Waals surface area contributed by atoms with Gasteiger partial charge in [-0.2, -0.15) is 0 Å². The SMILES string of the molecule is CC(C)(C)C(=O)CC(=O)c1cscn1. The standard InChI is InChI=1S/C10H13NO2S/c1-10(2,3)9(13)4-8(12)7-5-14-6-11-7/h5-6H,4H2,1-3H3. The van der Waals surface area contributed by atoms with Gasteiger partial charge >= 0.3 is 0 Å². The Morgan fingerprint density at radius 3 is 2.50 bits per heavy atom. The van der Waals surface area contributed by atoms with Gasteiger partial charge in [-0.3, -0.25) is 9.59 Å². The summed E-state index contributed by atoms with van der Waals surface area (Å²) in [6.07, 6.45) is -0.0484. The van der Waals surface area contributed by atoms with Crippen LogP contribution in [0.15, 0.2) is 10.9 Å². The van der Waals surface area contributed by atoms with Gasteiger partial charge in [0.1, 0.15) is 11.5 Å². The molecule has 0 radical (unpaired) electrons. The molecule has 0 N–H and O–H groups in total. The van der Waals surface area contributed by atoms with E-state index >= 15 is 0 Å². The van der Waals surface area contributed by atoms with E-state index in [0.29, 0.717) is 5.69 Å². The van der Waals surface area contributed by atoms with E-state index in [2.05, 4.69) is 4.98 Å². The van der Waals surface area contributed by atoms with E-state index in [9.17, 15) is 9.59 Å². The Kier molecular flexibility index (Phi) is 3.16. The van der Waals surface area contributed by atoms with Crippen molar-refractivity contribution < 1.29 is 9.59 Å². The van der Waals surface area contributed by atoms with E-state index in [1.807, 2.05) is 20.8 Å². The van der Waals surface area contributed by atoms with E-state index in [4.69, 9.17) is 0 Å². The number of rotatable bonds is 3. The topological polar surface area (TPSA) is 47.0 Å². The van der Waals surface area contributed by atoms with Crippen LogP contribution in [0.4, 0.5) is 0 Å². The molecule has 0 aliphatic rings. The minimum atomic E-state index is -0.453. The Morgan fingerprint density at radius 2 is 2.07 bits per heavy atom. The predicted octanol–water partition coefficient (Wildman–Crippen LogP) is 2.33. The van der Waals surface area contributed by atoms with Gasteiger partial charge in [-0.1, -0.05) is 20.8 Å². The van der Waals surface area contributed by atoms with Gasteiger partial charge in [0.15, 0.2) is 5.78 Å². The summed E-state index contributed by atoms with van der Waals surface area (Å²) in [4.78, 5) is 26.9. The van der Waals surface area contributed by atoms with Crippen molar-refractivity contribution in [3.8, 4) is 0 Å². The van der Waals surface area contributed by atoms with Crippen molar-refractivity contribution >= 4 is 22.9 Å². The van der Waals surface area contributed by atoms with Gasteiger partial charge in [0.05, 0.1) is 11.9 Å². The van der Waals surface area contributed by atoms with Crippen LogP contribution in [0.25, 0.3) is 0 Å². The number of aromatic nitrogens is 1. The second-order valence-electron chi connectivity index (χ2n) is 4.15. The third kappa shape index (κ3) is 2.73. The summed E-state index contributed by atoms with van der Waals surface area (Å²) in [6, 6.07) is 0. The molecule has 76 valence electrons. The van der Waals surface area contributed by atoms with Crippen molar-refractivity contribution in [2.24, 2.45) is 5.41 Å². The van der Waals surface area contributed by atoms with Crippen LogP contribution in [0.5, 0.6) is 0 Å². The molecule has 3 nitrogen and oxygen atoms in total. The number of carbonyl (C=O) groups is 2. The third-order valence-corrected chi connectivity index (χ3v) is 2.46. The molecule has 0 aliphatic carbocycles. The summed E-state index contributed by atoms with van der Waals surface area (Å²) in [7, 11) is 0. The highest BCUT2D eigenvalue weighted by atomic mass is 32.1. The van der Waals surface area contributed by atoms with E-state index in [-0.39, 0.29) is 18.0 Å². The van der Waals surface area contributed by atoms with Gasteiger partial charge in [-0.05, 0) is 0 Å². The zero-order valence-corrected chi connectivity index (χ0v) is 9.35. The average molecular weight is 211 g/mol. The van der Waals surface area contributed by atoms with E-state index < -0.39 is 5.41 Å². The smallest absolute Gasteiger partial charge is 0.189 e. The van der Waals surface area contributed by atoms with Crippen LogP contribution in [0.1, 0.15) is 37.7 Å². The van der Waals surface area contributed by atoms with E-state index in [1.54, 1.807) is 10.9 Å². The summed E-state index contributed by atoms with van der Waals surface area (Å²) in [6.45, 7) is 5.43. The molecule has 0 spiro atoms. The maximum Gasteiger partial charge on any atom is 0.189 e. The predicted molar refractivity (Wildman–Crippen MR) is 55.5 cm³/mol. The highest BCUT2D eigenvalue weighted by Crippen LogP contribution is 2.18. The number of nitrogens with zero attached hydrogens (tertiary/aromatic N) is 1. The molecule has 4 heteroatoms. The molecule has 1 aromatic heterocycles. The zero-order valence-electron chi connectivity index (χ0n) is 8.53. The highest BCUT2D eigenvalue weighted by Gasteiger charge is 2.24. The highest BCUT2D eigenvalue weighted by molar-refractivity contribution is 7.07. The monoisotopic (exact) mass is 211 g/mol. The molecule has 1 heterocycles. The second kappa shape index (κ2) is 4.00. The van der Waals surface area contributed by atoms with Crippen molar-refractivity contribution in [1.82, 2.24) is 4.98 Å². The lowest BCUT2D eigenvalue weighted by atomic mass is 9.88. The molecule has 0 fully saturated rings. The molecule has 0 saturated carbocycles. The summed E-state index contributed by atoms with van der Waals surface area (Å²) in [5, 5.41) is 1.66. The van der Waals surface area contributed by atoms with Gasteiger partial charge in [-0.15, -0.1) is 11.3 Å². The van der Waals surface area contributed by atoms with E-state index in [0.717, 1.165) is 0 Å². The molecule has 0 amide bonds. The van der Waals surface area contributed by atoms with E-state index in [1.165, 1.54) is 11.3 Å². The first-order chi connectivity index (χ1) is 6.41. The summed E-state index contributed by atoms with van der Waals surface area (Å²) in [5.41, 5.74) is 1.54. The lowest BCUT2D eigenvalue weighted by molar-refractivity contribution is -0.125. The Labute approximate surface area is 87.2 Å². The number of hydrogen-bond acceptors (Lipinski definition) is 4. The summed E-state index contributed by atoms with van der Waals surface area (Å²) in [5.74, 6) is -0.235. The Hall–Kier alpha value is -1.03. The maximum atomic E-state index is 11.5. The number of hydrogen-bond donors (Lipinski definition) is 0. The van der Waals surface area contributed by atoms with Crippen molar-refractivity contribution in [3.63, 3.8) is 0 Å². The van der Waals surface area contributed by atoms with Crippen LogP contribution in [-0.2, 0) is 4.79 Å². The molecule has 0 unspecified atom stereocenters. The average Bonchev–Trinajstić information content (AvgIpc) is 2.53. The van der Waals surface area contributed by atoms with Crippen LogP contribution in [0, 0.1) is 5.41 Å². The van der Waals surface area contributed by atoms with Crippen molar-refractivity contribution in [1.29, 1.82) is 0 Å². The van der Waals surface area contributed by atoms with Crippen molar-refractivity contribution in [2.75, 3.05) is 0 Å². The van der Waals surface area contributed by atoms with Crippen LogP contribution in [0.2, 0.25) is 0 Å². The molecule has 1 aromatic rings. The van der Waals surface area contributed by atoms with Gasteiger partial charge in [0, 0.05) is 10.8 Å². The number of ketones is 2. The molecule has 1 rings (SSSR count). The molecule has 0 aliphatic heterocycles. The Bertz CT molecular complexity index is 336. The van der Waals surface area contributed by atoms with Crippen LogP contribution in [0.3, 0.4) is 0 Å². The number of Topliss-reactive ketones (excluding diaryl/α,β-unsaturated/α-hetero) is 2. The van der Waals surface area contributed by atoms with Crippen LogP contribution in [-0.4, -0.2) is 16.6 Å². The van der Waals surface area contributed by atoms with Crippen molar-refractivity contribution in [2.45, 2.75) is 27.2 Å². The lowest BCUT2D eigenvalue weighted by Crippen LogP contribution is -2.23. The molecule has 0 saturated heterocycles. The van der Waals surface area contributed by atoms with Gasteiger partial charge in [-0.25, -0.2) is 4.98 Å². The first-order valence-corrected chi connectivity index (χ1v) is 5.30. The van der Waals surface area contributed by atoms with Crippen molar-refractivity contribution in [3.05, 3.63) is 16.6 Å². The quantitative estimate of drug-likeness (QED) is 0.569. The first kappa shape index (κ1) is 11.0. The number of carbonyl (C=O) groups excluding carboxylic acids is 2. The normalized spacial score (nSPS) is 11.4. The zero-order chi connectivity index (χ0) is 10.8. The fraction of sp³-hybridized carbons (Fsp3) is 0.500. The fourth-order valence-electron chi connectivity index (χ4n) is 0.852. The van der Waals surface area contributed by atoms with Gasteiger partial charge < -0.3 is 0 Å². The second-order valence-corrected chi connectivity index (χ2v) is 4.87. The Balaban J connectivity index is 2.63. The molecule has 0 bridgehead atoms. The van der Waals surface area contributed by atoms with Crippen LogP contribution >= 0.6 is 11.3 Å². The molecule has 14 heavy (non-hydrogen) atoms. The summed E-state index contributed by atoms with van der Waals surface area (Å²) < 4.78 is 0. The minimum Gasteiger partial charge on any atom is -0.299 e. The molecule has 0 aromatic carbocycles. The van der Waals surface area contributed by atoms with Gasteiger partial charge in [0.25, 0.3) is 0 Å². The number of thiazole rings is 1. The third-order valence-electron chi connectivity index (χ3n) is 1.88. The largest absolute Gasteiger partial charge is 0.299 e. The fourth-order valence-corrected chi connectivity index (χ4v) is 1.41.